The fourth-order valence-corrected chi connectivity index (χ4v) is 2.50. The van der Waals surface area contributed by atoms with Gasteiger partial charge in [-0.15, -0.1) is 0 Å². The Hall–Kier alpha value is -2.40. The fraction of sp³-hybridized carbons (Fsp3) is 0.294. The Balaban J connectivity index is 1.59. The lowest BCUT2D eigenvalue weighted by molar-refractivity contribution is 0.688. The van der Waals surface area contributed by atoms with Crippen molar-refractivity contribution in [3.05, 3.63) is 71.1 Å². The van der Waals surface area contributed by atoms with Crippen LogP contribution in [0.2, 0.25) is 0 Å². The smallest absolute Gasteiger partial charge is 0.105 e. The number of nitrogens with zero attached hydrogens (tertiary/aromatic N) is 3. The van der Waals surface area contributed by atoms with E-state index in [1.165, 1.54) is 16.7 Å². The van der Waals surface area contributed by atoms with Crippen molar-refractivity contribution in [1.29, 1.82) is 0 Å². The van der Waals surface area contributed by atoms with E-state index in [9.17, 15) is 0 Å². The van der Waals surface area contributed by atoms with Crippen molar-refractivity contribution in [3.8, 4) is 0 Å². The summed E-state index contributed by atoms with van der Waals surface area (Å²) >= 11 is 0. The topological polar surface area (TPSA) is 58.5 Å². The Labute approximate surface area is 130 Å². The van der Waals surface area contributed by atoms with Crippen molar-refractivity contribution >= 4 is 0 Å². The zero-order valence-electron chi connectivity index (χ0n) is 13.0. The quantitative estimate of drug-likeness (QED) is 0.735. The average molecular weight is 295 g/mol. The molecule has 0 aliphatic carbocycles. The van der Waals surface area contributed by atoms with E-state index in [0.717, 1.165) is 31.2 Å². The van der Waals surface area contributed by atoms with E-state index in [4.69, 9.17) is 0 Å². The first-order valence-corrected chi connectivity index (χ1v) is 7.47. The second-order valence-corrected chi connectivity index (χ2v) is 5.55. The van der Waals surface area contributed by atoms with Gasteiger partial charge in [-0.1, -0.05) is 24.3 Å². The highest BCUT2D eigenvalue weighted by Gasteiger charge is 2.02. The molecule has 1 aromatic carbocycles. The molecule has 3 rings (SSSR count). The molecule has 0 saturated carbocycles. The predicted molar refractivity (Wildman–Crippen MR) is 86.4 cm³/mol. The number of hydrogen-bond donors (Lipinski definition) is 2. The average Bonchev–Trinajstić information content (AvgIpc) is 3.09. The van der Waals surface area contributed by atoms with Gasteiger partial charge in [-0.3, -0.25) is 5.10 Å². The Morgan fingerprint density at radius 3 is 2.77 bits per heavy atom. The van der Waals surface area contributed by atoms with Crippen LogP contribution in [0, 0.1) is 13.8 Å². The van der Waals surface area contributed by atoms with Crippen molar-refractivity contribution in [2.24, 2.45) is 0 Å². The van der Waals surface area contributed by atoms with Crippen molar-refractivity contribution in [3.63, 3.8) is 0 Å². The first-order chi connectivity index (χ1) is 10.7. The number of H-pyrrole nitrogens is 1. The predicted octanol–water partition coefficient (Wildman–Crippen LogP) is 2.56. The van der Waals surface area contributed by atoms with Gasteiger partial charge in [0.1, 0.15) is 5.82 Å². The second-order valence-electron chi connectivity index (χ2n) is 5.55. The number of benzene rings is 1. The van der Waals surface area contributed by atoms with E-state index in [0.29, 0.717) is 0 Å². The lowest BCUT2D eigenvalue weighted by Crippen LogP contribution is -2.13. The van der Waals surface area contributed by atoms with E-state index < -0.39 is 0 Å². The molecule has 0 aliphatic rings. The van der Waals surface area contributed by atoms with Crippen molar-refractivity contribution < 1.29 is 0 Å². The van der Waals surface area contributed by atoms with E-state index in [2.05, 4.69) is 49.3 Å². The van der Waals surface area contributed by atoms with Crippen LogP contribution >= 0.6 is 0 Å². The highest BCUT2D eigenvalue weighted by atomic mass is 15.1. The van der Waals surface area contributed by atoms with E-state index in [-0.39, 0.29) is 0 Å². The van der Waals surface area contributed by atoms with E-state index in [1.54, 1.807) is 0 Å². The number of hydrogen-bond acceptors (Lipinski definition) is 3. The Kier molecular flexibility index (Phi) is 4.34. The molecule has 2 heterocycles. The molecule has 0 saturated heterocycles. The summed E-state index contributed by atoms with van der Waals surface area (Å²) in [6, 6.07) is 8.67. The summed E-state index contributed by atoms with van der Waals surface area (Å²) in [5.41, 5.74) is 4.92. The van der Waals surface area contributed by atoms with Gasteiger partial charge in [0, 0.05) is 43.3 Å². The summed E-state index contributed by atoms with van der Waals surface area (Å²) < 4.78 is 2.15. The molecule has 0 spiro atoms. The Morgan fingerprint density at radius 1 is 1.18 bits per heavy atom. The lowest BCUT2D eigenvalue weighted by atomic mass is 10.1. The summed E-state index contributed by atoms with van der Waals surface area (Å²) in [6.45, 7) is 6.60. The molecule has 5 nitrogen and oxygen atoms in total. The molecule has 3 aromatic rings. The molecule has 0 radical (unpaired) electrons. The summed E-state index contributed by atoms with van der Waals surface area (Å²) in [5.74, 6) is 1.04. The minimum Gasteiger partial charge on any atom is -0.331 e. The number of aromatic nitrogens is 4. The third-order valence-electron chi connectivity index (χ3n) is 3.85. The Bertz CT molecular complexity index is 741. The molecule has 22 heavy (non-hydrogen) atoms. The van der Waals surface area contributed by atoms with Crippen LogP contribution < -0.4 is 5.32 Å². The minimum atomic E-state index is 0.827. The molecular formula is C17H21N5. The first-order valence-electron chi connectivity index (χ1n) is 7.47. The number of aryl methyl sites for hydroxylation is 2. The van der Waals surface area contributed by atoms with Crippen LogP contribution in [0.3, 0.4) is 0 Å². The van der Waals surface area contributed by atoms with Crippen LogP contribution in [-0.4, -0.2) is 19.7 Å². The number of aromatic amines is 1. The number of nitrogens with one attached hydrogen (secondary N) is 2. The normalized spacial score (nSPS) is 11.0. The summed E-state index contributed by atoms with van der Waals surface area (Å²) in [7, 11) is 0. The zero-order chi connectivity index (χ0) is 15.4. The van der Waals surface area contributed by atoms with Gasteiger partial charge in [0.15, 0.2) is 0 Å². The second kappa shape index (κ2) is 6.58. The molecule has 114 valence electrons. The first kappa shape index (κ1) is 14.5. The lowest BCUT2D eigenvalue weighted by Gasteiger charge is -2.09. The third-order valence-corrected chi connectivity index (χ3v) is 3.85. The number of rotatable bonds is 6. The van der Waals surface area contributed by atoms with E-state index >= 15 is 0 Å². The number of imidazole rings is 1. The molecule has 2 N–H and O–H groups in total. The van der Waals surface area contributed by atoms with Gasteiger partial charge in [0.05, 0.1) is 6.20 Å². The molecule has 0 bridgehead atoms. The van der Waals surface area contributed by atoms with Gasteiger partial charge >= 0.3 is 0 Å². The molecule has 5 heteroatoms. The molecule has 0 amide bonds. The fourth-order valence-electron chi connectivity index (χ4n) is 2.50. The molecule has 0 fully saturated rings. The summed E-state index contributed by atoms with van der Waals surface area (Å²) in [5, 5.41) is 10.5. The molecule has 0 unspecified atom stereocenters. The standard InChI is InChI=1S/C17H21N5/c1-13-17(11-20-21-13)10-18-9-15-4-3-5-16(8-15)12-22-7-6-19-14(22)2/h3-8,11,18H,9-10,12H2,1-2H3,(H,20,21). The van der Waals surface area contributed by atoms with Crippen LogP contribution in [0.5, 0.6) is 0 Å². The Morgan fingerprint density at radius 2 is 2.05 bits per heavy atom. The van der Waals surface area contributed by atoms with Gasteiger partial charge in [-0.2, -0.15) is 5.10 Å². The summed E-state index contributed by atoms with van der Waals surface area (Å²) in [4.78, 5) is 4.26. The molecular weight excluding hydrogens is 274 g/mol. The minimum absolute atomic E-state index is 0.827. The highest BCUT2D eigenvalue weighted by Crippen LogP contribution is 2.09. The van der Waals surface area contributed by atoms with Crippen molar-refractivity contribution in [1.82, 2.24) is 25.1 Å². The maximum atomic E-state index is 4.26. The van der Waals surface area contributed by atoms with Gasteiger partial charge in [0.25, 0.3) is 0 Å². The van der Waals surface area contributed by atoms with Gasteiger partial charge in [-0.05, 0) is 25.0 Å². The van der Waals surface area contributed by atoms with Crippen molar-refractivity contribution in [2.75, 3.05) is 0 Å². The van der Waals surface area contributed by atoms with Gasteiger partial charge in [-0.25, -0.2) is 4.98 Å². The molecule has 0 atom stereocenters. The van der Waals surface area contributed by atoms with Crippen LogP contribution in [-0.2, 0) is 19.6 Å². The van der Waals surface area contributed by atoms with Crippen LogP contribution in [0.15, 0.2) is 42.9 Å². The van der Waals surface area contributed by atoms with E-state index in [1.807, 2.05) is 32.4 Å². The maximum Gasteiger partial charge on any atom is 0.105 e. The van der Waals surface area contributed by atoms with Crippen LogP contribution in [0.4, 0.5) is 0 Å². The highest BCUT2D eigenvalue weighted by molar-refractivity contribution is 5.24. The van der Waals surface area contributed by atoms with Gasteiger partial charge in [0.2, 0.25) is 0 Å². The third kappa shape index (κ3) is 3.43. The molecule has 0 aliphatic heterocycles. The SMILES string of the molecule is Cc1[nH]ncc1CNCc1cccc(Cn2ccnc2C)c1. The monoisotopic (exact) mass is 295 g/mol. The van der Waals surface area contributed by atoms with Crippen LogP contribution in [0.25, 0.3) is 0 Å². The summed E-state index contributed by atoms with van der Waals surface area (Å²) in [6.07, 6.45) is 5.73. The zero-order valence-corrected chi connectivity index (χ0v) is 13.0. The molecule has 2 aromatic heterocycles. The largest absolute Gasteiger partial charge is 0.331 e. The van der Waals surface area contributed by atoms with Crippen molar-refractivity contribution in [2.45, 2.75) is 33.5 Å². The maximum absolute atomic E-state index is 4.26. The van der Waals surface area contributed by atoms with Crippen LogP contribution in [0.1, 0.15) is 28.2 Å². The van der Waals surface area contributed by atoms with Gasteiger partial charge < -0.3 is 9.88 Å².